The van der Waals surface area contributed by atoms with Gasteiger partial charge in [0.2, 0.25) is 0 Å². The van der Waals surface area contributed by atoms with Crippen LogP contribution >= 0.6 is 0 Å². The van der Waals surface area contributed by atoms with Gasteiger partial charge < -0.3 is 15.0 Å². The van der Waals surface area contributed by atoms with Crippen LogP contribution in [-0.4, -0.2) is 42.5 Å². The molecule has 0 bridgehead atoms. The number of nitrogens with one attached hydrogen (secondary N) is 1. The van der Waals surface area contributed by atoms with Crippen LogP contribution in [0.25, 0.3) is 0 Å². The van der Waals surface area contributed by atoms with Crippen LogP contribution < -0.4 is 5.32 Å². The van der Waals surface area contributed by atoms with E-state index in [1.807, 2.05) is 24.6 Å². The van der Waals surface area contributed by atoms with Crippen LogP contribution in [0.1, 0.15) is 49.3 Å². The molecule has 2 aromatic heterocycles. The Balaban J connectivity index is 1.69. The molecule has 3 rings (SSSR count). The standard InChI is InChI=1S/C15H21N5O2/c1-10(2)20-13(5-6-17-20)15(22)18-11-3-4-12(14(11)21)19-8-7-16-9-19/h5-12,14,21H,3-4H2,1-2H3,(H,18,22)/t11-,12-,14-/m1/s1. The molecule has 0 spiro atoms. The van der Waals surface area contributed by atoms with Gasteiger partial charge in [-0.25, -0.2) is 4.98 Å². The number of imidazole rings is 1. The van der Waals surface area contributed by atoms with Crippen molar-refractivity contribution in [2.75, 3.05) is 0 Å². The molecule has 2 aromatic rings. The highest BCUT2D eigenvalue weighted by atomic mass is 16.3. The average Bonchev–Trinajstić information content (AvgIpc) is 3.19. The lowest BCUT2D eigenvalue weighted by atomic mass is 10.1. The first kappa shape index (κ1) is 14.8. The van der Waals surface area contributed by atoms with E-state index >= 15 is 0 Å². The van der Waals surface area contributed by atoms with Gasteiger partial charge >= 0.3 is 0 Å². The lowest BCUT2D eigenvalue weighted by Crippen LogP contribution is -2.42. The molecule has 7 heteroatoms. The SMILES string of the molecule is CC(C)n1nccc1C(=O)N[C@@H]1CC[C@@H](n2ccnc2)[C@@H]1O. The second kappa shape index (κ2) is 5.92. The second-order valence-corrected chi connectivity index (χ2v) is 5.98. The normalized spacial score (nSPS) is 24.8. The summed E-state index contributed by atoms with van der Waals surface area (Å²) in [5, 5.41) is 17.6. The average molecular weight is 303 g/mol. The molecule has 0 aliphatic heterocycles. The number of aromatic nitrogens is 4. The monoisotopic (exact) mass is 303 g/mol. The number of amides is 1. The van der Waals surface area contributed by atoms with Crippen LogP contribution in [0.15, 0.2) is 31.0 Å². The second-order valence-electron chi connectivity index (χ2n) is 5.98. The third kappa shape index (κ3) is 2.64. The number of rotatable bonds is 4. The Kier molecular flexibility index (Phi) is 3.98. The summed E-state index contributed by atoms with van der Waals surface area (Å²) in [7, 11) is 0. The molecule has 0 unspecified atom stereocenters. The van der Waals surface area contributed by atoms with Crippen molar-refractivity contribution < 1.29 is 9.90 Å². The van der Waals surface area contributed by atoms with Crippen LogP contribution in [0.3, 0.4) is 0 Å². The summed E-state index contributed by atoms with van der Waals surface area (Å²) in [5.74, 6) is -0.193. The molecule has 1 aliphatic carbocycles. The molecular formula is C15H21N5O2. The highest BCUT2D eigenvalue weighted by Gasteiger charge is 2.37. The zero-order chi connectivity index (χ0) is 15.7. The Morgan fingerprint density at radius 1 is 1.41 bits per heavy atom. The number of aliphatic hydroxyl groups is 1. The highest BCUT2D eigenvalue weighted by Crippen LogP contribution is 2.30. The van der Waals surface area contributed by atoms with Gasteiger partial charge in [-0.2, -0.15) is 5.10 Å². The van der Waals surface area contributed by atoms with Gasteiger partial charge in [0.1, 0.15) is 5.69 Å². The van der Waals surface area contributed by atoms with Crippen LogP contribution in [0.2, 0.25) is 0 Å². The van der Waals surface area contributed by atoms with Crippen molar-refractivity contribution in [2.24, 2.45) is 0 Å². The van der Waals surface area contributed by atoms with Gasteiger partial charge in [-0.05, 0) is 32.8 Å². The van der Waals surface area contributed by atoms with Crippen LogP contribution in [-0.2, 0) is 0 Å². The maximum Gasteiger partial charge on any atom is 0.269 e. The fraction of sp³-hybridized carbons (Fsp3) is 0.533. The molecule has 1 aliphatic rings. The molecule has 0 saturated heterocycles. The van der Waals surface area contributed by atoms with Crippen molar-refractivity contribution in [3.8, 4) is 0 Å². The molecule has 1 fully saturated rings. The van der Waals surface area contributed by atoms with E-state index in [1.54, 1.807) is 29.5 Å². The molecule has 118 valence electrons. The van der Waals surface area contributed by atoms with Crippen molar-refractivity contribution in [1.82, 2.24) is 24.6 Å². The van der Waals surface area contributed by atoms with Crippen LogP contribution in [0.5, 0.6) is 0 Å². The van der Waals surface area contributed by atoms with Gasteiger partial charge in [0, 0.05) is 24.6 Å². The van der Waals surface area contributed by atoms with Crippen molar-refractivity contribution in [3.05, 3.63) is 36.7 Å². The summed E-state index contributed by atoms with van der Waals surface area (Å²) >= 11 is 0. The fourth-order valence-corrected chi connectivity index (χ4v) is 3.06. The summed E-state index contributed by atoms with van der Waals surface area (Å²) in [6.45, 7) is 3.95. The van der Waals surface area contributed by atoms with Gasteiger partial charge in [-0.1, -0.05) is 0 Å². The summed E-state index contributed by atoms with van der Waals surface area (Å²) in [6, 6.07) is 1.52. The summed E-state index contributed by atoms with van der Waals surface area (Å²) in [5.41, 5.74) is 0.522. The lowest BCUT2D eigenvalue weighted by molar-refractivity contribution is 0.0803. The Morgan fingerprint density at radius 3 is 2.91 bits per heavy atom. The summed E-state index contributed by atoms with van der Waals surface area (Å²) < 4.78 is 3.58. The van der Waals surface area contributed by atoms with Crippen molar-refractivity contribution in [2.45, 2.75) is 50.9 Å². The molecule has 1 saturated carbocycles. The summed E-state index contributed by atoms with van der Waals surface area (Å²) in [6.07, 6.45) is 7.79. The minimum atomic E-state index is -0.617. The highest BCUT2D eigenvalue weighted by molar-refractivity contribution is 5.92. The minimum Gasteiger partial charge on any atom is -0.389 e. The van der Waals surface area contributed by atoms with E-state index in [-0.39, 0.29) is 24.0 Å². The van der Waals surface area contributed by atoms with E-state index in [4.69, 9.17) is 0 Å². The molecule has 7 nitrogen and oxygen atoms in total. The van der Waals surface area contributed by atoms with Crippen LogP contribution in [0, 0.1) is 0 Å². The molecule has 22 heavy (non-hydrogen) atoms. The molecule has 1 amide bonds. The van der Waals surface area contributed by atoms with E-state index in [0.29, 0.717) is 5.69 Å². The quantitative estimate of drug-likeness (QED) is 0.887. The van der Waals surface area contributed by atoms with Gasteiger partial charge in [0.15, 0.2) is 0 Å². The molecular weight excluding hydrogens is 282 g/mol. The Bertz CT molecular complexity index is 634. The fourth-order valence-electron chi connectivity index (χ4n) is 3.06. The van der Waals surface area contributed by atoms with Gasteiger partial charge in [0.05, 0.1) is 24.5 Å². The number of hydrogen-bond donors (Lipinski definition) is 2. The minimum absolute atomic E-state index is 0.0391. The maximum absolute atomic E-state index is 12.4. The molecule has 2 heterocycles. The third-order valence-electron chi connectivity index (χ3n) is 4.20. The first-order chi connectivity index (χ1) is 10.6. The molecule has 2 N–H and O–H groups in total. The van der Waals surface area contributed by atoms with Gasteiger partial charge in [-0.3, -0.25) is 9.48 Å². The van der Waals surface area contributed by atoms with Crippen LogP contribution in [0.4, 0.5) is 0 Å². The third-order valence-corrected chi connectivity index (χ3v) is 4.20. The Hall–Kier alpha value is -2.15. The zero-order valence-corrected chi connectivity index (χ0v) is 12.8. The molecule has 0 aromatic carbocycles. The first-order valence-corrected chi connectivity index (χ1v) is 7.58. The van der Waals surface area contributed by atoms with E-state index in [9.17, 15) is 9.90 Å². The smallest absolute Gasteiger partial charge is 0.269 e. The van der Waals surface area contributed by atoms with E-state index in [0.717, 1.165) is 12.8 Å². The Labute approximate surface area is 129 Å². The maximum atomic E-state index is 12.4. The number of hydrogen-bond acceptors (Lipinski definition) is 4. The molecule has 3 atom stereocenters. The Morgan fingerprint density at radius 2 is 2.23 bits per heavy atom. The zero-order valence-electron chi connectivity index (χ0n) is 12.8. The number of carbonyl (C=O) groups excluding carboxylic acids is 1. The van der Waals surface area contributed by atoms with E-state index in [1.165, 1.54) is 0 Å². The first-order valence-electron chi connectivity index (χ1n) is 7.58. The molecule has 0 radical (unpaired) electrons. The predicted octanol–water partition coefficient (Wildman–Crippen LogP) is 1.15. The van der Waals surface area contributed by atoms with E-state index < -0.39 is 6.10 Å². The number of carbonyl (C=O) groups is 1. The van der Waals surface area contributed by atoms with Crippen molar-refractivity contribution >= 4 is 5.91 Å². The number of nitrogens with zero attached hydrogens (tertiary/aromatic N) is 4. The number of aliphatic hydroxyl groups excluding tert-OH is 1. The lowest BCUT2D eigenvalue weighted by Gasteiger charge is -2.22. The predicted molar refractivity (Wildman–Crippen MR) is 80.4 cm³/mol. The van der Waals surface area contributed by atoms with E-state index in [2.05, 4.69) is 15.4 Å². The largest absolute Gasteiger partial charge is 0.389 e. The van der Waals surface area contributed by atoms with Gasteiger partial charge in [-0.15, -0.1) is 0 Å². The van der Waals surface area contributed by atoms with Crippen molar-refractivity contribution in [1.29, 1.82) is 0 Å². The van der Waals surface area contributed by atoms with Gasteiger partial charge in [0.25, 0.3) is 5.91 Å². The topological polar surface area (TPSA) is 85.0 Å². The summed E-state index contributed by atoms with van der Waals surface area (Å²) in [4.78, 5) is 16.4. The van der Waals surface area contributed by atoms with Crippen molar-refractivity contribution in [3.63, 3.8) is 0 Å².